The second kappa shape index (κ2) is 9.83. The molecule has 0 unspecified atom stereocenters. The van der Waals surface area contributed by atoms with Crippen LogP contribution in [-0.2, 0) is 11.0 Å². The van der Waals surface area contributed by atoms with E-state index in [0.29, 0.717) is 11.4 Å². The number of carbonyl (C=O) groups is 1. The van der Waals surface area contributed by atoms with Crippen LogP contribution in [0.2, 0.25) is 0 Å². The maximum absolute atomic E-state index is 14.1. The first-order valence-corrected chi connectivity index (χ1v) is 11.5. The molecule has 0 saturated carbocycles. The quantitative estimate of drug-likeness (QED) is 0.364. The predicted molar refractivity (Wildman–Crippen MR) is 131 cm³/mol. The van der Waals surface area contributed by atoms with Gasteiger partial charge in [0.05, 0.1) is 21.7 Å². The first-order valence-electron chi connectivity index (χ1n) is 10.5. The van der Waals surface area contributed by atoms with Crippen LogP contribution >= 0.6 is 11.8 Å². The average molecular weight is 499 g/mol. The molecule has 0 aliphatic heterocycles. The summed E-state index contributed by atoms with van der Waals surface area (Å²) in [5, 5.41) is 2.57. The molecule has 4 aromatic rings. The van der Waals surface area contributed by atoms with Crippen LogP contribution in [0.3, 0.4) is 0 Å². The summed E-state index contributed by atoms with van der Waals surface area (Å²) in [4.78, 5) is 30.9. The second-order valence-electron chi connectivity index (χ2n) is 7.84. The predicted octanol–water partition coefficient (Wildman–Crippen LogP) is 5.33. The van der Waals surface area contributed by atoms with Crippen LogP contribution in [0.5, 0.6) is 0 Å². The number of rotatable bonds is 6. The van der Waals surface area contributed by atoms with Gasteiger partial charge in [-0.1, -0.05) is 48.2 Å². The maximum Gasteiger partial charge on any atom is 0.417 e. The van der Waals surface area contributed by atoms with Gasteiger partial charge in [0.2, 0.25) is 5.91 Å². The number of para-hydroxylation sites is 2. The molecule has 1 N–H and O–H groups in total. The van der Waals surface area contributed by atoms with Crippen molar-refractivity contribution in [2.45, 2.75) is 11.2 Å². The molecule has 0 bridgehead atoms. The number of carbonyl (C=O) groups excluding carboxylic acids is 1. The van der Waals surface area contributed by atoms with E-state index in [1.54, 1.807) is 68.7 Å². The van der Waals surface area contributed by atoms with Crippen LogP contribution in [-0.4, -0.2) is 40.2 Å². The zero-order valence-electron chi connectivity index (χ0n) is 18.8. The van der Waals surface area contributed by atoms with E-state index in [9.17, 15) is 22.8 Å². The minimum atomic E-state index is -4.80. The van der Waals surface area contributed by atoms with Crippen molar-refractivity contribution < 1.29 is 18.0 Å². The molecule has 6 nitrogen and oxygen atoms in total. The van der Waals surface area contributed by atoms with Crippen LogP contribution < -0.4 is 10.7 Å². The molecule has 0 saturated heterocycles. The van der Waals surface area contributed by atoms with Gasteiger partial charge in [0, 0.05) is 31.5 Å². The molecule has 0 aliphatic carbocycles. The lowest BCUT2D eigenvalue weighted by molar-refractivity contribution is -0.136. The molecule has 0 radical (unpaired) electrons. The molecule has 35 heavy (non-hydrogen) atoms. The van der Waals surface area contributed by atoms with E-state index in [1.165, 1.54) is 9.47 Å². The smallest absolute Gasteiger partial charge is 0.348 e. The van der Waals surface area contributed by atoms with E-state index < -0.39 is 22.6 Å². The lowest BCUT2D eigenvalue weighted by Crippen LogP contribution is -2.23. The lowest BCUT2D eigenvalue weighted by Gasteiger charge is -2.20. The minimum Gasteiger partial charge on any atom is -0.348 e. The molecular formula is C25H21F3N4O2S. The van der Waals surface area contributed by atoms with Gasteiger partial charge in [0.1, 0.15) is 5.82 Å². The fraction of sp³-hybridized carbons (Fsp3) is 0.160. The highest BCUT2D eigenvalue weighted by atomic mass is 32.2. The molecule has 0 atom stereocenters. The van der Waals surface area contributed by atoms with Crippen molar-refractivity contribution in [1.29, 1.82) is 0 Å². The summed E-state index contributed by atoms with van der Waals surface area (Å²) < 4.78 is 43.8. The van der Waals surface area contributed by atoms with E-state index in [-0.39, 0.29) is 28.2 Å². The Morgan fingerprint density at radius 1 is 1.03 bits per heavy atom. The number of amides is 1. The normalized spacial score (nSPS) is 11.5. The number of pyridine rings is 2. The number of benzene rings is 2. The van der Waals surface area contributed by atoms with Crippen molar-refractivity contribution in [2.24, 2.45) is 0 Å². The third-order valence-corrected chi connectivity index (χ3v) is 6.05. The first kappa shape index (κ1) is 24.3. The zero-order chi connectivity index (χ0) is 25.2. The molecule has 2 aromatic heterocycles. The number of aromatic nitrogens is 2. The number of anilines is 2. The van der Waals surface area contributed by atoms with Crippen molar-refractivity contribution in [1.82, 2.24) is 14.5 Å². The standard InChI is InChI=1S/C25H21F3N4O2S/c1-31(2)22(34)15-35-21-13-18(25(26,27)28)23-19(33)14-20(29-16-9-5-3-6-10-16)32(24(23)30-21)17-11-7-4-8-12-17/h3-14,29H,15H2,1-2H3. The Bertz CT molecular complexity index is 1420. The summed E-state index contributed by atoms with van der Waals surface area (Å²) >= 11 is 0.883. The molecule has 0 spiro atoms. The second-order valence-corrected chi connectivity index (χ2v) is 8.83. The van der Waals surface area contributed by atoms with Gasteiger partial charge < -0.3 is 10.2 Å². The number of alkyl halides is 3. The molecule has 1 amide bonds. The topological polar surface area (TPSA) is 67.2 Å². The van der Waals surface area contributed by atoms with E-state index >= 15 is 0 Å². The highest BCUT2D eigenvalue weighted by molar-refractivity contribution is 7.99. The Kier molecular flexibility index (Phi) is 6.83. The van der Waals surface area contributed by atoms with E-state index in [1.807, 2.05) is 6.07 Å². The van der Waals surface area contributed by atoms with Crippen molar-refractivity contribution >= 4 is 40.2 Å². The molecule has 0 fully saturated rings. The summed E-state index contributed by atoms with van der Waals surface area (Å²) in [6.07, 6.45) is -4.80. The highest BCUT2D eigenvalue weighted by Crippen LogP contribution is 2.37. The third kappa shape index (κ3) is 5.32. The molecule has 2 aromatic carbocycles. The van der Waals surface area contributed by atoms with Crippen molar-refractivity contribution in [3.8, 4) is 5.69 Å². The number of fused-ring (bicyclic) bond motifs is 1. The Balaban J connectivity index is 2.01. The first-order chi connectivity index (χ1) is 16.6. The van der Waals surface area contributed by atoms with Crippen molar-refractivity contribution in [3.63, 3.8) is 0 Å². The Morgan fingerprint density at radius 3 is 2.26 bits per heavy atom. The Labute approximate surface area is 203 Å². The number of nitrogens with one attached hydrogen (secondary N) is 1. The van der Waals surface area contributed by atoms with E-state index in [4.69, 9.17) is 0 Å². The van der Waals surface area contributed by atoms with Crippen LogP contribution in [0.25, 0.3) is 16.7 Å². The van der Waals surface area contributed by atoms with Gasteiger partial charge in [-0.25, -0.2) is 4.98 Å². The van der Waals surface area contributed by atoms with Gasteiger partial charge in [-0.2, -0.15) is 13.2 Å². The third-order valence-electron chi connectivity index (χ3n) is 5.15. The monoisotopic (exact) mass is 498 g/mol. The number of hydrogen-bond donors (Lipinski definition) is 1. The Morgan fingerprint density at radius 2 is 1.66 bits per heavy atom. The van der Waals surface area contributed by atoms with Crippen LogP contribution in [0.15, 0.2) is 82.6 Å². The Hall–Kier alpha value is -3.79. The lowest BCUT2D eigenvalue weighted by atomic mass is 10.1. The SMILES string of the molecule is CN(C)C(=O)CSc1cc(C(F)(F)F)c2c(=O)cc(Nc3ccccc3)n(-c3ccccc3)c2n1. The number of halogens is 3. The van der Waals surface area contributed by atoms with Crippen LogP contribution in [0.4, 0.5) is 24.7 Å². The maximum atomic E-state index is 14.1. The summed E-state index contributed by atoms with van der Waals surface area (Å²) in [5.41, 5.74) is -0.900. The number of nitrogens with zero attached hydrogens (tertiary/aromatic N) is 3. The molecular weight excluding hydrogens is 477 g/mol. The summed E-state index contributed by atoms with van der Waals surface area (Å²) in [7, 11) is 3.12. The van der Waals surface area contributed by atoms with Gasteiger partial charge in [-0.3, -0.25) is 14.2 Å². The number of thioether (sulfide) groups is 1. The molecule has 4 rings (SSSR count). The van der Waals surface area contributed by atoms with E-state index in [0.717, 1.165) is 23.9 Å². The average Bonchev–Trinajstić information content (AvgIpc) is 2.82. The van der Waals surface area contributed by atoms with Crippen molar-refractivity contribution in [2.75, 3.05) is 25.2 Å². The van der Waals surface area contributed by atoms with Gasteiger partial charge in [0.25, 0.3) is 0 Å². The van der Waals surface area contributed by atoms with Gasteiger partial charge in [0.15, 0.2) is 11.1 Å². The molecule has 10 heteroatoms. The molecule has 0 aliphatic rings. The van der Waals surface area contributed by atoms with Crippen molar-refractivity contribution in [3.05, 3.63) is 88.6 Å². The van der Waals surface area contributed by atoms with Gasteiger partial charge in [-0.15, -0.1) is 0 Å². The van der Waals surface area contributed by atoms with E-state index in [2.05, 4.69) is 10.3 Å². The summed E-state index contributed by atoms with van der Waals surface area (Å²) in [5.74, 6) is -0.113. The minimum absolute atomic E-state index is 0.0130. The summed E-state index contributed by atoms with van der Waals surface area (Å²) in [6, 6.07) is 19.6. The van der Waals surface area contributed by atoms with Gasteiger partial charge >= 0.3 is 6.18 Å². The van der Waals surface area contributed by atoms with Crippen LogP contribution in [0, 0.1) is 0 Å². The molecule has 2 heterocycles. The van der Waals surface area contributed by atoms with Crippen LogP contribution in [0.1, 0.15) is 5.56 Å². The largest absolute Gasteiger partial charge is 0.417 e. The summed E-state index contributed by atoms with van der Waals surface area (Å²) in [6.45, 7) is 0. The molecule has 180 valence electrons. The fourth-order valence-electron chi connectivity index (χ4n) is 3.45. The number of hydrogen-bond acceptors (Lipinski definition) is 5. The zero-order valence-corrected chi connectivity index (χ0v) is 19.7. The van der Waals surface area contributed by atoms with Gasteiger partial charge in [-0.05, 0) is 30.3 Å². The fourth-order valence-corrected chi connectivity index (χ4v) is 4.33. The highest BCUT2D eigenvalue weighted by Gasteiger charge is 2.35.